The molecule has 2 heterocycles. The fourth-order valence-corrected chi connectivity index (χ4v) is 5.23. The van der Waals surface area contributed by atoms with E-state index in [1.165, 1.54) is 16.7 Å². The van der Waals surface area contributed by atoms with E-state index in [0.29, 0.717) is 6.61 Å². The van der Waals surface area contributed by atoms with E-state index in [1.807, 2.05) is 24.3 Å². The number of aromatic nitrogens is 4. The number of nitrogens with zero attached hydrogens (tertiary/aromatic N) is 4. The Morgan fingerprint density at radius 2 is 1.67 bits per heavy atom. The van der Waals surface area contributed by atoms with Gasteiger partial charge in [-0.3, -0.25) is 0 Å². The van der Waals surface area contributed by atoms with Crippen LogP contribution < -0.4 is 0 Å². The molecule has 0 N–H and O–H groups in total. The summed E-state index contributed by atoms with van der Waals surface area (Å²) in [4.78, 5) is 4.95. The van der Waals surface area contributed by atoms with Crippen molar-refractivity contribution in [3.8, 4) is 22.6 Å². The van der Waals surface area contributed by atoms with Gasteiger partial charge in [0.1, 0.15) is 0 Å². The Morgan fingerprint density at radius 3 is 2.47 bits per heavy atom. The lowest BCUT2D eigenvalue weighted by molar-refractivity contribution is 0.189. The second-order valence-corrected chi connectivity index (χ2v) is 9.89. The number of thioether (sulfide) groups is 1. The number of hydrogen-bond donors (Lipinski definition) is 0. The van der Waals surface area contributed by atoms with Gasteiger partial charge in [-0.05, 0) is 49.1 Å². The molecule has 6 heteroatoms. The molecular formula is C30H30N4OS. The lowest BCUT2D eigenvalue weighted by Gasteiger charge is -2.13. The number of hydrogen-bond acceptors (Lipinski definition) is 5. The van der Waals surface area contributed by atoms with Gasteiger partial charge in [-0.1, -0.05) is 78.5 Å². The number of rotatable bonds is 9. The van der Waals surface area contributed by atoms with E-state index in [-0.39, 0.29) is 0 Å². The minimum atomic E-state index is 0.686. The van der Waals surface area contributed by atoms with E-state index in [1.54, 1.807) is 18.9 Å². The van der Waals surface area contributed by atoms with Crippen molar-refractivity contribution in [1.29, 1.82) is 0 Å². The lowest BCUT2D eigenvalue weighted by atomic mass is 10.0. The summed E-state index contributed by atoms with van der Waals surface area (Å²) in [5.74, 6) is 1.71. The Morgan fingerprint density at radius 1 is 0.861 bits per heavy atom. The highest BCUT2D eigenvalue weighted by Gasteiger charge is 2.18. The van der Waals surface area contributed by atoms with Crippen LogP contribution in [0.15, 0.2) is 84.0 Å². The van der Waals surface area contributed by atoms with Crippen molar-refractivity contribution in [2.75, 3.05) is 13.7 Å². The molecule has 0 radical (unpaired) electrons. The van der Waals surface area contributed by atoms with Crippen molar-refractivity contribution >= 4 is 22.7 Å². The van der Waals surface area contributed by atoms with Crippen LogP contribution >= 0.6 is 11.8 Å². The number of aryl methyl sites for hydroxylation is 2. The van der Waals surface area contributed by atoms with Crippen LogP contribution in [-0.4, -0.2) is 33.5 Å². The molecule has 0 bridgehead atoms. The molecule has 5 nitrogen and oxygen atoms in total. The molecule has 2 aromatic heterocycles. The van der Waals surface area contributed by atoms with E-state index in [2.05, 4.69) is 78.1 Å². The number of benzene rings is 3. The molecule has 0 amide bonds. The van der Waals surface area contributed by atoms with Crippen LogP contribution in [0.2, 0.25) is 0 Å². The Bertz CT molecular complexity index is 1480. The SMILES string of the molecule is COCCCn1c(SCc2ccc(C)c(C)c2)nnc1-c1cc(-c2ccccc2)nc2ccccc12. The van der Waals surface area contributed by atoms with Gasteiger partial charge >= 0.3 is 0 Å². The number of pyridine rings is 1. The summed E-state index contributed by atoms with van der Waals surface area (Å²) in [7, 11) is 1.74. The summed E-state index contributed by atoms with van der Waals surface area (Å²) in [6.45, 7) is 5.77. The van der Waals surface area contributed by atoms with E-state index in [4.69, 9.17) is 14.8 Å². The van der Waals surface area contributed by atoms with Gasteiger partial charge in [0.15, 0.2) is 11.0 Å². The third-order valence-electron chi connectivity index (χ3n) is 6.41. The van der Waals surface area contributed by atoms with Crippen LogP contribution in [0.1, 0.15) is 23.1 Å². The molecule has 182 valence electrons. The molecule has 0 saturated heterocycles. The molecule has 3 aromatic carbocycles. The molecule has 0 aliphatic rings. The van der Waals surface area contributed by atoms with Crippen molar-refractivity contribution in [3.05, 3.63) is 95.6 Å². The largest absolute Gasteiger partial charge is 0.385 e. The van der Waals surface area contributed by atoms with Gasteiger partial charge in [0, 0.05) is 42.5 Å². The molecule has 0 atom stereocenters. The number of methoxy groups -OCH3 is 1. The summed E-state index contributed by atoms with van der Waals surface area (Å²) in [6.07, 6.45) is 0.882. The fraction of sp³-hybridized carbons (Fsp3) is 0.233. The molecule has 0 spiro atoms. The van der Waals surface area contributed by atoms with Crippen LogP contribution in [0.4, 0.5) is 0 Å². The molecule has 0 aliphatic heterocycles. The Balaban J connectivity index is 1.57. The quantitative estimate of drug-likeness (QED) is 0.161. The highest BCUT2D eigenvalue weighted by atomic mass is 32.2. The number of fused-ring (bicyclic) bond motifs is 1. The average molecular weight is 495 g/mol. The molecule has 0 fully saturated rings. The number of ether oxygens (including phenoxy) is 1. The third kappa shape index (κ3) is 5.20. The molecular weight excluding hydrogens is 464 g/mol. The summed E-state index contributed by atoms with van der Waals surface area (Å²) >= 11 is 1.73. The fourth-order valence-electron chi connectivity index (χ4n) is 4.32. The maximum atomic E-state index is 5.36. The van der Waals surface area contributed by atoms with Gasteiger partial charge in [0.05, 0.1) is 11.2 Å². The molecule has 0 aliphatic carbocycles. The predicted octanol–water partition coefficient (Wildman–Crippen LogP) is 7.11. The first-order valence-electron chi connectivity index (χ1n) is 12.2. The van der Waals surface area contributed by atoms with Crippen molar-refractivity contribution in [2.24, 2.45) is 0 Å². The Kier molecular flexibility index (Phi) is 7.44. The zero-order valence-electron chi connectivity index (χ0n) is 20.9. The van der Waals surface area contributed by atoms with Gasteiger partial charge in [0.2, 0.25) is 0 Å². The normalized spacial score (nSPS) is 11.3. The minimum absolute atomic E-state index is 0.686. The van der Waals surface area contributed by atoms with Crippen LogP contribution in [0.5, 0.6) is 0 Å². The van der Waals surface area contributed by atoms with Crippen molar-refractivity contribution in [1.82, 2.24) is 19.7 Å². The molecule has 36 heavy (non-hydrogen) atoms. The van der Waals surface area contributed by atoms with E-state index in [9.17, 15) is 0 Å². The first kappa shape index (κ1) is 24.2. The molecule has 5 aromatic rings. The minimum Gasteiger partial charge on any atom is -0.385 e. The first-order chi connectivity index (χ1) is 17.6. The summed E-state index contributed by atoms with van der Waals surface area (Å²) < 4.78 is 7.59. The van der Waals surface area contributed by atoms with Crippen LogP contribution in [0, 0.1) is 13.8 Å². The topological polar surface area (TPSA) is 52.8 Å². The maximum Gasteiger partial charge on any atom is 0.191 e. The standard InChI is InChI=1S/C30H30N4OS/c1-21-14-15-23(18-22(21)2)20-36-30-33-32-29(34(30)16-9-17-35-3)26-19-28(24-10-5-4-6-11-24)31-27-13-8-7-12-25(26)27/h4-8,10-15,18-19H,9,16-17,20H2,1-3H3. The average Bonchev–Trinajstić information content (AvgIpc) is 3.31. The van der Waals surface area contributed by atoms with E-state index < -0.39 is 0 Å². The second kappa shape index (κ2) is 11.1. The smallest absolute Gasteiger partial charge is 0.191 e. The summed E-state index contributed by atoms with van der Waals surface area (Å²) in [5.41, 5.74) is 7.92. The van der Waals surface area contributed by atoms with E-state index in [0.717, 1.165) is 57.4 Å². The lowest BCUT2D eigenvalue weighted by Crippen LogP contribution is -2.06. The van der Waals surface area contributed by atoms with Gasteiger partial charge < -0.3 is 9.30 Å². The van der Waals surface area contributed by atoms with Crippen LogP contribution in [0.3, 0.4) is 0 Å². The predicted molar refractivity (Wildman–Crippen MR) is 148 cm³/mol. The van der Waals surface area contributed by atoms with Crippen LogP contribution in [0.25, 0.3) is 33.5 Å². The molecule has 0 saturated carbocycles. The number of para-hydroxylation sites is 1. The summed E-state index contributed by atoms with van der Waals surface area (Å²) in [5, 5.41) is 11.4. The first-order valence-corrected chi connectivity index (χ1v) is 13.2. The third-order valence-corrected chi connectivity index (χ3v) is 7.45. The highest BCUT2D eigenvalue weighted by molar-refractivity contribution is 7.98. The van der Waals surface area contributed by atoms with E-state index >= 15 is 0 Å². The Labute approximate surface area is 216 Å². The van der Waals surface area contributed by atoms with Gasteiger partial charge in [-0.2, -0.15) is 0 Å². The molecule has 0 unspecified atom stereocenters. The van der Waals surface area contributed by atoms with Gasteiger partial charge in [0.25, 0.3) is 0 Å². The maximum absolute atomic E-state index is 5.36. The summed E-state index contributed by atoms with van der Waals surface area (Å²) in [6, 6.07) is 27.3. The van der Waals surface area contributed by atoms with Crippen molar-refractivity contribution in [2.45, 2.75) is 37.7 Å². The van der Waals surface area contributed by atoms with Crippen LogP contribution in [-0.2, 0) is 17.0 Å². The highest BCUT2D eigenvalue weighted by Crippen LogP contribution is 2.34. The van der Waals surface area contributed by atoms with Crippen molar-refractivity contribution < 1.29 is 4.74 Å². The van der Waals surface area contributed by atoms with Gasteiger partial charge in [-0.25, -0.2) is 4.98 Å². The zero-order valence-corrected chi connectivity index (χ0v) is 21.8. The molecule has 5 rings (SSSR count). The monoisotopic (exact) mass is 494 g/mol. The van der Waals surface area contributed by atoms with Crippen molar-refractivity contribution in [3.63, 3.8) is 0 Å². The Hall–Kier alpha value is -3.48. The van der Waals surface area contributed by atoms with Gasteiger partial charge in [-0.15, -0.1) is 10.2 Å². The zero-order chi connectivity index (χ0) is 24.9. The second-order valence-electron chi connectivity index (χ2n) is 8.95.